The van der Waals surface area contributed by atoms with E-state index in [-0.39, 0.29) is 18.4 Å². The highest BCUT2D eigenvalue weighted by Crippen LogP contribution is 2.41. The maximum Gasteiger partial charge on any atom is 0.252 e. The largest absolute Gasteiger partial charge is 0.464 e. The maximum atomic E-state index is 13.4. The van der Waals surface area contributed by atoms with Gasteiger partial charge in [-0.25, -0.2) is 0 Å². The minimum Gasteiger partial charge on any atom is -0.464 e. The zero-order valence-corrected chi connectivity index (χ0v) is 16.4. The molecule has 148 valence electrons. The van der Waals surface area contributed by atoms with Crippen molar-refractivity contribution in [1.82, 2.24) is 14.7 Å². The number of piperazine rings is 1. The van der Waals surface area contributed by atoms with Crippen molar-refractivity contribution in [3.63, 3.8) is 0 Å². The number of imide groups is 1. The highest BCUT2D eigenvalue weighted by atomic mass is 16.3. The lowest BCUT2D eigenvalue weighted by molar-refractivity contribution is -0.181. The molecule has 0 saturated carbocycles. The van der Waals surface area contributed by atoms with E-state index in [4.69, 9.17) is 4.42 Å². The van der Waals surface area contributed by atoms with Crippen LogP contribution in [0, 0.1) is 12.8 Å². The highest BCUT2D eigenvalue weighted by Gasteiger charge is 2.64. The van der Waals surface area contributed by atoms with Crippen molar-refractivity contribution in [2.45, 2.75) is 57.8 Å². The van der Waals surface area contributed by atoms with Gasteiger partial charge in [-0.15, -0.1) is 0 Å². The van der Waals surface area contributed by atoms with Gasteiger partial charge in [0.15, 0.2) is 0 Å². The van der Waals surface area contributed by atoms with E-state index < -0.39 is 17.7 Å². The molecule has 4 rings (SSSR count). The van der Waals surface area contributed by atoms with Crippen molar-refractivity contribution < 1.29 is 19.1 Å². The maximum absolute atomic E-state index is 13.4. The van der Waals surface area contributed by atoms with Gasteiger partial charge in [0.05, 0.1) is 18.7 Å². The molecule has 2 atom stereocenters. The van der Waals surface area contributed by atoms with Crippen molar-refractivity contribution in [3.8, 4) is 0 Å². The molecule has 2 amide bonds. The number of aliphatic hydroxyl groups excluding tert-OH is 1. The van der Waals surface area contributed by atoms with Gasteiger partial charge in [0.25, 0.3) is 5.91 Å². The Morgan fingerprint density at radius 3 is 2.67 bits per heavy atom. The van der Waals surface area contributed by atoms with Crippen LogP contribution in [0.25, 0.3) is 0 Å². The van der Waals surface area contributed by atoms with E-state index in [0.717, 1.165) is 18.7 Å². The number of fused-ring (bicyclic) bond motifs is 2. The molecule has 1 N–H and O–H groups in total. The number of nitrogens with zero attached hydrogens (tertiary/aromatic N) is 3. The number of likely N-dealkylation sites (tertiary alicyclic amines) is 1. The van der Waals surface area contributed by atoms with Gasteiger partial charge < -0.3 is 9.52 Å². The van der Waals surface area contributed by atoms with Gasteiger partial charge in [-0.1, -0.05) is 13.8 Å². The monoisotopic (exact) mass is 375 g/mol. The fourth-order valence-corrected chi connectivity index (χ4v) is 4.66. The number of hydrogen-bond acceptors (Lipinski definition) is 6. The summed E-state index contributed by atoms with van der Waals surface area (Å²) >= 11 is 0. The number of hydrogen-bond donors (Lipinski definition) is 1. The van der Waals surface area contributed by atoms with Crippen LogP contribution in [0.3, 0.4) is 0 Å². The Labute approximate surface area is 159 Å². The van der Waals surface area contributed by atoms with Crippen LogP contribution in [0.2, 0.25) is 0 Å². The Morgan fingerprint density at radius 2 is 2.04 bits per heavy atom. The van der Waals surface area contributed by atoms with Crippen LogP contribution in [-0.4, -0.2) is 75.5 Å². The first-order valence-electron chi connectivity index (χ1n) is 9.88. The van der Waals surface area contributed by atoms with Crippen LogP contribution < -0.4 is 0 Å². The standard InChI is InChI=1S/C20H29N3O4/c1-13(2)6-7-21-11-20(12-21)19(26)22(10-16-5-4-14(3)27-16)18(25)17-8-15(24)9-23(17)20/h4-5,13,15,17,24H,6-12H2,1-3H3/t15-,17+/m1/s1. The van der Waals surface area contributed by atoms with Gasteiger partial charge >= 0.3 is 0 Å². The number of aliphatic hydroxyl groups is 1. The third-order valence-electron chi connectivity index (χ3n) is 6.13. The fraction of sp³-hybridized carbons (Fsp3) is 0.700. The summed E-state index contributed by atoms with van der Waals surface area (Å²) in [5.41, 5.74) is -0.686. The van der Waals surface area contributed by atoms with E-state index in [0.29, 0.717) is 37.7 Å². The second kappa shape index (κ2) is 6.72. The third-order valence-corrected chi connectivity index (χ3v) is 6.13. The van der Waals surface area contributed by atoms with Crippen LogP contribution in [-0.2, 0) is 16.1 Å². The second-order valence-corrected chi connectivity index (χ2v) is 8.72. The number of β-amino-alcohol motifs (C(OH)–C–C–N with tert-alkyl or cyclic N) is 1. The quantitative estimate of drug-likeness (QED) is 0.774. The predicted molar refractivity (Wildman–Crippen MR) is 98.7 cm³/mol. The minimum absolute atomic E-state index is 0.146. The van der Waals surface area contributed by atoms with E-state index in [9.17, 15) is 14.7 Å². The van der Waals surface area contributed by atoms with E-state index in [1.165, 1.54) is 4.90 Å². The molecule has 7 heteroatoms. The van der Waals surface area contributed by atoms with Crippen molar-refractivity contribution >= 4 is 11.8 Å². The summed E-state index contributed by atoms with van der Waals surface area (Å²) in [6.07, 6.45) is 0.928. The molecule has 0 unspecified atom stereocenters. The minimum atomic E-state index is -0.686. The number of carbonyl (C=O) groups excluding carboxylic acids is 2. The molecule has 0 aliphatic carbocycles. The molecule has 3 aliphatic rings. The summed E-state index contributed by atoms with van der Waals surface area (Å²) in [6.45, 7) is 9.01. The summed E-state index contributed by atoms with van der Waals surface area (Å²) in [5.74, 6) is 1.64. The average Bonchev–Trinajstić information content (AvgIpc) is 3.15. The van der Waals surface area contributed by atoms with E-state index in [1.807, 2.05) is 24.0 Å². The molecule has 0 radical (unpaired) electrons. The van der Waals surface area contributed by atoms with E-state index in [2.05, 4.69) is 18.7 Å². The molecule has 1 aromatic rings. The summed E-state index contributed by atoms with van der Waals surface area (Å²) in [4.78, 5) is 32.0. The van der Waals surface area contributed by atoms with E-state index >= 15 is 0 Å². The molecule has 3 saturated heterocycles. The van der Waals surface area contributed by atoms with Crippen LogP contribution in [0.1, 0.15) is 38.2 Å². The van der Waals surface area contributed by atoms with Crippen LogP contribution >= 0.6 is 0 Å². The summed E-state index contributed by atoms with van der Waals surface area (Å²) < 4.78 is 5.60. The number of furan rings is 1. The third kappa shape index (κ3) is 3.11. The summed E-state index contributed by atoms with van der Waals surface area (Å²) in [7, 11) is 0. The molecule has 1 aromatic heterocycles. The summed E-state index contributed by atoms with van der Waals surface area (Å²) in [5, 5.41) is 10.2. The van der Waals surface area contributed by atoms with E-state index in [1.54, 1.807) is 0 Å². The van der Waals surface area contributed by atoms with Gasteiger partial charge in [0.2, 0.25) is 5.91 Å². The average molecular weight is 375 g/mol. The van der Waals surface area contributed by atoms with Gasteiger partial charge in [-0.3, -0.25) is 24.3 Å². The Kier molecular flexibility index (Phi) is 4.64. The molecule has 3 fully saturated rings. The molecule has 0 aromatic carbocycles. The highest BCUT2D eigenvalue weighted by molar-refractivity contribution is 6.06. The molecule has 0 bridgehead atoms. The second-order valence-electron chi connectivity index (χ2n) is 8.72. The number of amides is 2. The number of aryl methyl sites for hydroxylation is 1. The predicted octanol–water partition coefficient (Wildman–Crippen LogP) is 0.993. The zero-order chi connectivity index (χ0) is 19.3. The molecular weight excluding hydrogens is 346 g/mol. The van der Waals surface area contributed by atoms with Crippen molar-refractivity contribution in [2.24, 2.45) is 5.92 Å². The normalized spacial score (nSPS) is 28.3. The Morgan fingerprint density at radius 1 is 1.30 bits per heavy atom. The van der Waals surface area contributed by atoms with Crippen molar-refractivity contribution in [1.29, 1.82) is 0 Å². The zero-order valence-electron chi connectivity index (χ0n) is 16.4. The first-order valence-corrected chi connectivity index (χ1v) is 9.88. The first-order chi connectivity index (χ1) is 12.8. The fourth-order valence-electron chi connectivity index (χ4n) is 4.66. The lowest BCUT2D eigenvalue weighted by Gasteiger charge is -2.58. The topological polar surface area (TPSA) is 77.2 Å². The van der Waals surface area contributed by atoms with Gasteiger partial charge in [0.1, 0.15) is 17.1 Å². The number of rotatable bonds is 5. The van der Waals surface area contributed by atoms with Gasteiger partial charge in [-0.2, -0.15) is 0 Å². The van der Waals surface area contributed by atoms with Crippen LogP contribution in [0.4, 0.5) is 0 Å². The Balaban J connectivity index is 1.56. The SMILES string of the molecule is Cc1ccc(CN2C(=O)[C@@H]3C[C@@H](O)CN3C3(CN(CCC(C)C)C3)C2=O)o1. The number of carbonyl (C=O) groups is 2. The van der Waals surface area contributed by atoms with Crippen molar-refractivity contribution in [2.75, 3.05) is 26.2 Å². The Bertz CT molecular complexity index is 737. The lowest BCUT2D eigenvalue weighted by atomic mass is 9.82. The van der Waals surface area contributed by atoms with Crippen molar-refractivity contribution in [3.05, 3.63) is 23.7 Å². The molecular formula is C20H29N3O4. The molecule has 1 spiro atoms. The summed E-state index contributed by atoms with van der Waals surface area (Å²) in [6, 6.07) is 3.24. The Hall–Kier alpha value is -1.70. The lowest BCUT2D eigenvalue weighted by Crippen LogP contribution is -2.81. The van der Waals surface area contributed by atoms with Crippen LogP contribution in [0.5, 0.6) is 0 Å². The van der Waals surface area contributed by atoms with Gasteiger partial charge in [-0.05, 0) is 44.4 Å². The molecule has 27 heavy (non-hydrogen) atoms. The van der Waals surface area contributed by atoms with Crippen LogP contribution in [0.15, 0.2) is 16.5 Å². The molecule has 7 nitrogen and oxygen atoms in total. The smallest absolute Gasteiger partial charge is 0.252 e. The molecule has 3 aliphatic heterocycles. The first kappa shape index (κ1) is 18.7. The van der Waals surface area contributed by atoms with Gasteiger partial charge in [0, 0.05) is 19.6 Å². The molecule has 4 heterocycles.